The first-order chi connectivity index (χ1) is 14.3. The molecule has 162 valence electrons. The van der Waals surface area contributed by atoms with Crippen molar-refractivity contribution in [3.63, 3.8) is 0 Å². The molecule has 3 aliphatic carbocycles. The Morgan fingerprint density at radius 3 is 2.73 bits per heavy atom. The van der Waals surface area contributed by atoms with E-state index in [9.17, 15) is 19.5 Å². The molecule has 0 amide bonds. The summed E-state index contributed by atoms with van der Waals surface area (Å²) < 4.78 is 4.88. The van der Waals surface area contributed by atoms with Gasteiger partial charge in [0.05, 0.1) is 8.84 Å². The van der Waals surface area contributed by atoms with Crippen molar-refractivity contribution in [2.75, 3.05) is 0 Å². The van der Waals surface area contributed by atoms with E-state index in [0.717, 1.165) is 31.3 Å². The Hall–Kier alpha value is -1.44. The molecule has 4 aliphatic rings. The van der Waals surface area contributed by atoms with Gasteiger partial charge in [0, 0.05) is 29.4 Å². The number of hydrogen-bond donors (Lipinski definition) is 1. The van der Waals surface area contributed by atoms with Gasteiger partial charge in [-0.25, -0.2) is 4.79 Å². The maximum absolute atomic E-state index is 13.5. The van der Waals surface area contributed by atoms with Gasteiger partial charge in [-0.1, -0.05) is 55.0 Å². The Kier molecular flexibility index (Phi) is 5.75. The lowest BCUT2D eigenvalue weighted by Gasteiger charge is -2.39. The third-order valence-electron chi connectivity index (χ3n) is 7.51. The van der Waals surface area contributed by atoms with Gasteiger partial charge in [0.15, 0.2) is 0 Å². The number of ether oxygens (including phenoxy) is 1. The fraction of sp³-hybridized carbons (Fsp3) is 0.625. The van der Waals surface area contributed by atoms with Crippen LogP contribution in [-0.4, -0.2) is 26.3 Å². The van der Waals surface area contributed by atoms with Crippen molar-refractivity contribution in [1.29, 1.82) is 0 Å². The van der Waals surface area contributed by atoms with Crippen LogP contribution < -0.4 is 0 Å². The first-order valence-corrected chi connectivity index (χ1v) is 12.2. The fourth-order valence-corrected chi connectivity index (χ4v) is 8.15. The fourth-order valence-electron chi connectivity index (χ4n) is 6.38. The zero-order valence-electron chi connectivity index (χ0n) is 17.6. The average molecular weight is 524 g/mol. The molecule has 0 bridgehead atoms. The van der Waals surface area contributed by atoms with Gasteiger partial charge in [-0.3, -0.25) is 9.59 Å². The number of fused-ring (bicyclic) bond motifs is 4. The highest BCUT2D eigenvalue weighted by Gasteiger charge is 2.73. The summed E-state index contributed by atoms with van der Waals surface area (Å²) in [5.41, 5.74) is 0.167. The summed E-state index contributed by atoms with van der Waals surface area (Å²) in [7, 11) is 0. The molecule has 0 saturated heterocycles. The number of carboxylic acid groups (broad SMARTS) is 1. The lowest BCUT2D eigenvalue weighted by Crippen LogP contribution is -2.47. The van der Waals surface area contributed by atoms with Gasteiger partial charge in [0.2, 0.25) is 0 Å². The summed E-state index contributed by atoms with van der Waals surface area (Å²) >= 11 is 2.28. The smallest absolute Gasteiger partial charge is 0.340 e. The number of esters is 1. The highest BCUT2D eigenvalue weighted by Crippen LogP contribution is 2.70. The molecule has 1 fully saturated rings. The van der Waals surface area contributed by atoms with Crippen LogP contribution in [0.1, 0.15) is 65.2 Å². The molecule has 4 rings (SSSR count). The normalized spacial score (nSPS) is 38.3. The van der Waals surface area contributed by atoms with Gasteiger partial charge in [0.25, 0.3) is 0 Å². The van der Waals surface area contributed by atoms with E-state index >= 15 is 0 Å². The molecule has 1 N–H and O–H groups in total. The number of rotatable bonds is 6. The maximum atomic E-state index is 13.5. The van der Waals surface area contributed by atoms with E-state index in [4.69, 9.17) is 4.74 Å². The van der Waals surface area contributed by atoms with Crippen LogP contribution in [0.3, 0.4) is 0 Å². The lowest BCUT2D eigenvalue weighted by molar-refractivity contribution is -0.151. The number of unbranched alkanes of at least 4 members (excludes halogenated alkanes) is 1. The highest BCUT2D eigenvalue weighted by molar-refractivity contribution is 14.1. The van der Waals surface area contributed by atoms with Crippen molar-refractivity contribution in [1.82, 2.24) is 0 Å². The molecule has 5 atom stereocenters. The van der Waals surface area contributed by atoms with Crippen LogP contribution in [0.25, 0.3) is 0 Å². The van der Waals surface area contributed by atoms with Crippen molar-refractivity contribution >= 4 is 40.3 Å². The standard InChI is InChI=1S/C24H29IO5/c1-3-5-9-16-14-11-12-15-20(19(14)21(27)30-16)23(22(28)29)13-7-6-10-17(23)24(15,25)18(26)8-4-2/h7,9,13,15,17,20H,3-6,8,10-12H2,1-2H3,(H,28,29)/b16-9-/t15?,17-,20+,23?,24?/m0/s1. The second kappa shape index (κ2) is 7.92. The number of hydrogen-bond acceptors (Lipinski definition) is 4. The Labute approximate surface area is 191 Å². The summed E-state index contributed by atoms with van der Waals surface area (Å²) in [4.78, 5) is 39.4. The number of halogens is 1. The first kappa shape index (κ1) is 21.8. The summed E-state index contributed by atoms with van der Waals surface area (Å²) in [6, 6.07) is 0. The third kappa shape index (κ3) is 2.81. The minimum atomic E-state index is -1.23. The molecule has 0 aromatic rings. The van der Waals surface area contributed by atoms with Gasteiger partial charge in [-0.05, 0) is 50.5 Å². The SMILES string of the molecule is CCC/C=C1\OC(=O)C2=C1CCC1[C@H]2C2(C(=O)O)C=CCC[C@@H]2C1(I)C(=O)CCC. The van der Waals surface area contributed by atoms with E-state index < -0.39 is 26.7 Å². The van der Waals surface area contributed by atoms with Crippen LogP contribution in [0.2, 0.25) is 0 Å². The first-order valence-electron chi connectivity index (χ1n) is 11.1. The number of aliphatic carboxylic acids is 1. The monoisotopic (exact) mass is 524 g/mol. The van der Waals surface area contributed by atoms with Crippen molar-refractivity contribution in [2.24, 2.45) is 23.2 Å². The minimum absolute atomic E-state index is 0.140. The molecule has 1 heterocycles. The van der Waals surface area contributed by atoms with Crippen molar-refractivity contribution in [3.8, 4) is 0 Å². The Morgan fingerprint density at radius 1 is 1.30 bits per heavy atom. The second-order valence-electron chi connectivity index (χ2n) is 8.97. The highest BCUT2D eigenvalue weighted by atomic mass is 127. The molecular formula is C24H29IO5. The number of ketones is 1. The van der Waals surface area contributed by atoms with Gasteiger partial charge in [0.1, 0.15) is 11.5 Å². The zero-order chi connectivity index (χ0) is 21.7. The largest absolute Gasteiger partial charge is 0.481 e. The van der Waals surface area contributed by atoms with Crippen molar-refractivity contribution in [3.05, 3.63) is 35.1 Å². The summed E-state index contributed by atoms with van der Waals surface area (Å²) in [6.07, 6.45) is 11.4. The van der Waals surface area contributed by atoms with Crippen LogP contribution in [0.4, 0.5) is 0 Å². The molecule has 1 saturated carbocycles. The topological polar surface area (TPSA) is 80.7 Å². The molecule has 0 aromatic carbocycles. The predicted molar refractivity (Wildman–Crippen MR) is 121 cm³/mol. The summed E-state index contributed by atoms with van der Waals surface area (Å²) in [6.45, 7) is 4.05. The predicted octanol–water partition coefficient (Wildman–Crippen LogP) is 5.14. The van der Waals surface area contributed by atoms with Crippen LogP contribution in [0.15, 0.2) is 35.1 Å². The Bertz CT molecular complexity index is 884. The van der Waals surface area contributed by atoms with E-state index in [0.29, 0.717) is 37.0 Å². The van der Waals surface area contributed by atoms with E-state index in [1.165, 1.54) is 0 Å². The molecule has 0 radical (unpaired) electrons. The number of cyclic esters (lactones) is 1. The number of carbonyl (C=O) groups is 3. The Morgan fingerprint density at radius 2 is 2.07 bits per heavy atom. The van der Waals surface area contributed by atoms with Crippen LogP contribution in [0.5, 0.6) is 0 Å². The van der Waals surface area contributed by atoms with Gasteiger partial charge in [-0.2, -0.15) is 0 Å². The molecule has 5 nitrogen and oxygen atoms in total. The van der Waals surface area contributed by atoms with Crippen LogP contribution >= 0.6 is 22.6 Å². The van der Waals surface area contributed by atoms with Crippen molar-refractivity contribution in [2.45, 2.75) is 68.6 Å². The van der Waals surface area contributed by atoms with Gasteiger partial charge < -0.3 is 9.84 Å². The molecule has 1 aliphatic heterocycles. The molecule has 0 spiro atoms. The second-order valence-corrected chi connectivity index (χ2v) is 10.8. The number of carbonyl (C=O) groups excluding carboxylic acids is 2. The molecule has 3 unspecified atom stereocenters. The maximum Gasteiger partial charge on any atom is 0.340 e. The number of Topliss-reactive ketones (excluding diaryl/α,β-unsaturated/α-hetero) is 1. The summed E-state index contributed by atoms with van der Waals surface area (Å²) in [5, 5.41) is 10.5. The molecular weight excluding hydrogens is 495 g/mol. The zero-order valence-corrected chi connectivity index (χ0v) is 19.7. The van der Waals surface area contributed by atoms with Gasteiger partial charge in [-0.15, -0.1) is 0 Å². The molecule has 6 heteroatoms. The van der Waals surface area contributed by atoms with E-state index in [-0.39, 0.29) is 17.6 Å². The average Bonchev–Trinajstić information content (AvgIpc) is 3.18. The number of alkyl halides is 1. The quantitative estimate of drug-likeness (QED) is 0.225. The number of allylic oxidation sites excluding steroid dienone is 3. The summed E-state index contributed by atoms with van der Waals surface area (Å²) in [5.74, 6) is -1.58. The lowest BCUT2D eigenvalue weighted by atomic mass is 9.62. The minimum Gasteiger partial charge on any atom is -0.481 e. The van der Waals surface area contributed by atoms with E-state index in [1.807, 2.05) is 19.1 Å². The third-order valence-corrected chi connectivity index (χ3v) is 9.66. The Balaban J connectivity index is 1.93. The van der Waals surface area contributed by atoms with Crippen LogP contribution in [-0.2, 0) is 19.1 Å². The van der Waals surface area contributed by atoms with Crippen molar-refractivity contribution < 1.29 is 24.2 Å². The molecule has 30 heavy (non-hydrogen) atoms. The van der Waals surface area contributed by atoms with E-state index in [1.54, 1.807) is 6.08 Å². The molecule has 0 aromatic heterocycles. The van der Waals surface area contributed by atoms with Gasteiger partial charge >= 0.3 is 11.9 Å². The van der Waals surface area contributed by atoms with Crippen LogP contribution in [0, 0.1) is 23.2 Å². The number of carboxylic acids is 1. The van der Waals surface area contributed by atoms with E-state index in [2.05, 4.69) is 29.5 Å².